The molecule has 2 bridgehead atoms. The molecule has 0 N–H and O–H groups in total. The Balaban J connectivity index is 1.76. The van der Waals surface area contributed by atoms with Gasteiger partial charge in [0.05, 0.1) is 46.1 Å². The second-order valence-electron chi connectivity index (χ2n) is 6.84. The van der Waals surface area contributed by atoms with Gasteiger partial charge < -0.3 is 4.48 Å². The van der Waals surface area contributed by atoms with Crippen LogP contribution < -0.4 is 0 Å². The van der Waals surface area contributed by atoms with E-state index in [-0.39, 0.29) is 23.7 Å². The minimum atomic E-state index is -0.0417. The number of likely N-dealkylation sites (tertiary alicyclic amines) is 1. The summed E-state index contributed by atoms with van der Waals surface area (Å²) in [5, 5.41) is 0. The fourth-order valence-corrected chi connectivity index (χ4v) is 3.58. The lowest BCUT2D eigenvalue weighted by Crippen LogP contribution is -2.44. The molecule has 2 amide bonds. The molecule has 1 saturated heterocycles. The molecular formula is C14H21N2O2+. The van der Waals surface area contributed by atoms with Crippen molar-refractivity contribution in [3.8, 4) is 0 Å². The van der Waals surface area contributed by atoms with Crippen LogP contribution in [0.5, 0.6) is 0 Å². The van der Waals surface area contributed by atoms with Crippen LogP contribution in [0.4, 0.5) is 0 Å². The Morgan fingerprint density at radius 3 is 2.06 bits per heavy atom. The van der Waals surface area contributed by atoms with Gasteiger partial charge in [0.15, 0.2) is 0 Å². The van der Waals surface area contributed by atoms with Crippen LogP contribution >= 0.6 is 0 Å². The molecule has 1 heterocycles. The fourth-order valence-electron chi connectivity index (χ4n) is 3.58. The summed E-state index contributed by atoms with van der Waals surface area (Å²) in [6, 6.07) is 0. The molecule has 2 aliphatic carbocycles. The number of nitrogens with zero attached hydrogens (tertiary/aromatic N) is 2. The number of carbonyl (C=O) groups is 2. The number of fused-ring (bicyclic) bond motifs is 5. The summed E-state index contributed by atoms with van der Waals surface area (Å²) in [6.07, 6.45) is 5.29. The molecule has 3 aliphatic rings. The molecule has 4 heteroatoms. The van der Waals surface area contributed by atoms with Crippen LogP contribution in [-0.4, -0.2) is 55.4 Å². The van der Waals surface area contributed by atoms with Crippen molar-refractivity contribution in [1.82, 2.24) is 4.90 Å². The molecule has 4 unspecified atom stereocenters. The third kappa shape index (κ3) is 1.62. The van der Waals surface area contributed by atoms with Gasteiger partial charge in [-0.05, 0) is 18.3 Å². The third-order valence-corrected chi connectivity index (χ3v) is 4.56. The molecule has 98 valence electrons. The summed E-state index contributed by atoms with van der Waals surface area (Å²) in [7, 11) is 6.24. The summed E-state index contributed by atoms with van der Waals surface area (Å²) in [6.45, 7) is 1.38. The van der Waals surface area contributed by atoms with E-state index < -0.39 is 0 Å². The van der Waals surface area contributed by atoms with Gasteiger partial charge in [-0.2, -0.15) is 0 Å². The lowest BCUT2D eigenvalue weighted by molar-refractivity contribution is -0.869. The molecule has 1 saturated carbocycles. The van der Waals surface area contributed by atoms with Crippen LogP contribution in [0.2, 0.25) is 0 Å². The van der Waals surface area contributed by atoms with Gasteiger partial charge >= 0.3 is 0 Å². The Morgan fingerprint density at radius 2 is 1.61 bits per heavy atom. The van der Waals surface area contributed by atoms with E-state index in [4.69, 9.17) is 0 Å². The third-order valence-electron chi connectivity index (χ3n) is 4.56. The van der Waals surface area contributed by atoms with Gasteiger partial charge in [0, 0.05) is 0 Å². The number of allylic oxidation sites excluding steroid dienone is 2. The smallest absolute Gasteiger partial charge is 0.233 e. The zero-order chi connectivity index (χ0) is 13.1. The van der Waals surface area contributed by atoms with Gasteiger partial charge in [0.25, 0.3) is 0 Å². The second-order valence-corrected chi connectivity index (χ2v) is 6.84. The zero-order valence-electron chi connectivity index (χ0n) is 11.3. The lowest BCUT2D eigenvalue weighted by Gasteiger charge is -2.26. The van der Waals surface area contributed by atoms with Gasteiger partial charge in [-0.3, -0.25) is 14.5 Å². The molecule has 1 aliphatic heterocycles. The van der Waals surface area contributed by atoms with Crippen LogP contribution in [0.15, 0.2) is 12.2 Å². The molecule has 0 aromatic heterocycles. The van der Waals surface area contributed by atoms with E-state index in [0.29, 0.717) is 18.4 Å². The minimum absolute atomic E-state index is 0.0417. The monoisotopic (exact) mass is 249 g/mol. The number of rotatable bonds is 3. The van der Waals surface area contributed by atoms with Crippen molar-refractivity contribution in [1.29, 1.82) is 0 Å². The highest BCUT2D eigenvalue weighted by Gasteiger charge is 2.59. The molecule has 4 nitrogen and oxygen atoms in total. The maximum absolute atomic E-state index is 12.4. The van der Waals surface area contributed by atoms with Crippen LogP contribution in [-0.2, 0) is 9.59 Å². The highest BCUT2D eigenvalue weighted by Crippen LogP contribution is 2.52. The largest absolute Gasteiger partial charge is 0.329 e. The number of imide groups is 1. The molecule has 0 aromatic carbocycles. The Kier molecular flexibility index (Phi) is 2.43. The van der Waals surface area contributed by atoms with E-state index >= 15 is 0 Å². The Hall–Kier alpha value is -1.16. The molecule has 0 radical (unpaired) electrons. The van der Waals surface area contributed by atoms with Crippen LogP contribution in [0.25, 0.3) is 0 Å². The van der Waals surface area contributed by atoms with Crippen LogP contribution in [0, 0.1) is 23.7 Å². The second kappa shape index (κ2) is 3.67. The van der Waals surface area contributed by atoms with Crippen molar-refractivity contribution in [2.75, 3.05) is 34.2 Å². The summed E-state index contributed by atoms with van der Waals surface area (Å²) in [5.41, 5.74) is 0. The Bertz CT molecular complexity index is 406. The number of amides is 2. The fraction of sp³-hybridized carbons (Fsp3) is 0.714. The van der Waals surface area contributed by atoms with Gasteiger partial charge in [-0.1, -0.05) is 12.2 Å². The van der Waals surface area contributed by atoms with E-state index in [1.54, 1.807) is 0 Å². The van der Waals surface area contributed by atoms with Crippen molar-refractivity contribution in [3.05, 3.63) is 12.2 Å². The van der Waals surface area contributed by atoms with Crippen LogP contribution in [0.3, 0.4) is 0 Å². The van der Waals surface area contributed by atoms with E-state index in [9.17, 15) is 9.59 Å². The predicted molar refractivity (Wildman–Crippen MR) is 67.3 cm³/mol. The molecule has 2 fully saturated rings. The van der Waals surface area contributed by atoms with Gasteiger partial charge in [-0.25, -0.2) is 0 Å². The quantitative estimate of drug-likeness (QED) is 0.415. The minimum Gasteiger partial charge on any atom is -0.329 e. The summed E-state index contributed by atoms with van der Waals surface area (Å²) in [4.78, 5) is 26.3. The van der Waals surface area contributed by atoms with Gasteiger partial charge in [-0.15, -0.1) is 0 Å². The number of hydrogen-bond acceptors (Lipinski definition) is 2. The van der Waals surface area contributed by atoms with Crippen molar-refractivity contribution in [2.24, 2.45) is 23.7 Å². The Labute approximate surface area is 108 Å². The maximum Gasteiger partial charge on any atom is 0.233 e. The number of quaternary nitrogens is 1. The molecule has 0 spiro atoms. The van der Waals surface area contributed by atoms with E-state index in [1.807, 2.05) is 0 Å². The molecule has 4 atom stereocenters. The first-order chi connectivity index (χ1) is 8.38. The highest BCUT2D eigenvalue weighted by atomic mass is 16.2. The summed E-state index contributed by atoms with van der Waals surface area (Å²) in [5.74, 6) is 0.724. The topological polar surface area (TPSA) is 37.4 Å². The van der Waals surface area contributed by atoms with Gasteiger partial charge in [0.1, 0.15) is 0 Å². The first kappa shape index (κ1) is 11.9. The van der Waals surface area contributed by atoms with E-state index in [2.05, 4.69) is 33.3 Å². The first-order valence-corrected chi connectivity index (χ1v) is 6.72. The SMILES string of the molecule is C[N+](C)(C)CCN1C(=O)C2C3C=CC(C3)C2C1=O. The van der Waals surface area contributed by atoms with E-state index in [0.717, 1.165) is 17.4 Å². The standard InChI is InChI=1S/C14H21N2O2/c1-16(2,3)7-6-15-13(17)11-9-4-5-10(8-9)12(11)14(15)18/h4-5,9-12H,6-8H2,1-3H3/q+1. The van der Waals surface area contributed by atoms with Crippen molar-refractivity contribution in [2.45, 2.75) is 6.42 Å². The molecule has 3 rings (SSSR count). The normalized spacial score (nSPS) is 37.8. The highest BCUT2D eigenvalue weighted by molar-refractivity contribution is 6.06. The number of likely N-dealkylation sites (N-methyl/N-ethyl adjacent to an activating group) is 1. The molecular weight excluding hydrogens is 228 g/mol. The number of carbonyl (C=O) groups excluding carboxylic acids is 2. The zero-order valence-corrected chi connectivity index (χ0v) is 11.3. The van der Waals surface area contributed by atoms with Crippen LogP contribution in [0.1, 0.15) is 6.42 Å². The molecule has 18 heavy (non-hydrogen) atoms. The molecule has 0 aromatic rings. The maximum atomic E-state index is 12.4. The Morgan fingerprint density at radius 1 is 1.11 bits per heavy atom. The summed E-state index contributed by atoms with van der Waals surface area (Å²) >= 11 is 0. The summed E-state index contributed by atoms with van der Waals surface area (Å²) < 4.78 is 0.775. The average molecular weight is 249 g/mol. The van der Waals surface area contributed by atoms with Crippen molar-refractivity contribution in [3.63, 3.8) is 0 Å². The lowest BCUT2D eigenvalue weighted by atomic mass is 9.85. The van der Waals surface area contributed by atoms with Gasteiger partial charge in [0.2, 0.25) is 11.8 Å². The average Bonchev–Trinajstić information content (AvgIpc) is 2.90. The van der Waals surface area contributed by atoms with Crippen molar-refractivity contribution < 1.29 is 14.1 Å². The number of hydrogen-bond donors (Lipinski definition) is 0. The van der Waals surface area contributed by atoms with Crippen molar-refractivity contribution >= 4 is 11.8 Å². The predicted octanol–water partition coefficient (Wildman–Crippen LogP) is 0.500. The first-order valence-electron chi connectivity index (χ1n) is 6.72. The van der Waals surface area contributed by atoms with E-state index in [1.165, 1.54) is 4.90 Å².